The lowest BCUT2D eigenvalue weighted by molar-refractivity contribution is -0.141. The van der Waals surface area contributed by atoms with E-state index in [0.717, 1.165) is 0 Å². The van der Waals surface area contributed by atoms with Crippen LogP contribution in [0.4, 0.5) is 0 Å². The number of hydrogen-bond donors (Lipinski definition) is 8. The Labute approximate surface area is 179 Å². The van der Waals surface area contributed by atoms with Gasteiger partial charge < -0.3 is 31.9 Å². The predicted molar refractivity (Wildman–Crippen MR) is 111 cm³/mol. The normalized spacial score (nSPS) is 15.9. The van der Waals surface area contributed by atoms with E-state index in [2.05, 4.69) is 41.2 Å². The molecule has 0 saturated heterocycles. The molecule has 0 rings (SSSR count). The highest BCUT2D eigenvalue weighted by Gasteiger charge is 2.32. The number of carboxylic acids is 2. The second-order valence-electron chi connectivity index (χ2n) is 6.40. The Hall–Kier alpha value is -1.99. The van der Waals surface area contributed by atoms with Gasteiger partial charge in [0.1, 0.15) is 18.1 Å². The molecule has 0 heterocycles. The molecule has 29 heavy (non-hydrogen) atoms. The average molecular weight is 453 g/mol. The maximum absolute atomic E-state index is 12.7. The Kier molecular flexibility index (Phi) is 12.4. The van der Waals surface area contributed by atoms with E-state index < -0.39 is 60.2 Å². The fourth-order valence-corrected chi connectivity index (χ4v) is 2.66. The molecule has 0 spiro atoms. The quantitative estimate of drug-likeness (QED) is 0.151. The Balaban J connectivity index is 5.23. The largest absolute Gasteiger partial charge is 0.481 e. The fourth-order valence-electron chi connectivity index (χ4n) is 2.16. The lowest BCUT2D eigenvalue weighted by Crippen LogP contribution is -2.59. The zero-order chi connectivity index (χ0) is 22.7. The topological polar surface area (TPSA) is 188 Å². The molecule has 0 aliphatic carbocycles. The smallest absolute Gasteiger partial charge is 0.327 e. The average Bonchev–Trinajstić information content (AvgIpc) is 2.66. The van der Waals surface area contributed by atoms with Crippen LogP contribution >= 0.6 is 25.3 Å². The van der Waals surface area contributed by atoms with Crippen LogP contribution in [0.1, 0.15) is 26.7 Å². The summed E-state index contributed by atoms with van der Waals surface area (Å²) in [7, 11) is 0. The molecule has 0 aromatic rings. The van der Waals surface area contributed by atoms with Crippen molar-refractivity contribution < 1.29 is 34.2 Å². The van der Waals surface area contributed by atoms with E-state index in [1.165, 1.54) is 0 Å². The van der Waals surface area contributed by atoms with Gasteiger partial charge in [-0.1, -0.05) is 20.3 Å². The minimum Gasteiger partial charge on any atom is -0.481 e. The van der Waals surface area contributed by atoms with Gasteiger partial charge in [-0.05, 0) is 5.92 Å². The molecule has 11 nitrogen and oxygen atoms in total. The van der Waals surface area contributed by atoms with Crippen LogP contribution in [0.15, 0.2) is 0 Å². The zero-order valence-electron chi connectivity index (χ0n) is 16.1. The number of carbonyl (C=O) groups is 5. The molecule has 13 heteroatoms. The summed E-state index contributed by atoms with van der Waals surface area (Å²) < 4.78 is 0. The van der Waals surface area contributed by atoms with Gasteiger partial charge in [0, 0.05) is 11.5 Å². The van der Waals surface area contributed by atoms with Gasteiger partial charge in [0.2, 0.25) is 17.7 Å². The van der Waals surface area contributed by atoms with Gasteiger partial charge in [-0.2, -0.15) is 25.3 Å². The van der Waals surface area contributed by atoms with Crippen LogP contribution in [0.5, 0.6) is 0 Å². The van der Waals surface area contributed by atoms with Crippen LogP contribution in [-0.2, 0) is 24.0 Å². The molecular formula is C16H28N4O7S2. The minimum atomic E-state index is -1.34. The summed E-state index contributed by atoms with van der Waals surface area (Å²) in [6.45, 7) is 3.46. The number of carbonyl (C=O) groups excluding carboxylic acids is 3. The first-order chi connectivity index (χ1) is 13.5. The van der Waals surface area contributed by atoms with Crippen LogP contribution in [0.3, 0.4) is 0 Å². The highest BCUT2D eigenvalue weighted by Crippen LogP contribution is 2.09. The number of hydrogen-bond acceptors (Lipinski definition) is 8. The van der Waals surface area contributed by atoms with E-state index in [1.807, 2.05) is 0 Å². The van der Waals surface area contributed by atoms with Crippen molar-refractivity contribution in [1.82, 2.24) is 16.0 Å². The van der Waals surface area contributed by atoms with Crippen LogP contribution < -0.4 is 21.7 Å². The first kappa shape index (κ1) is 27.0. The first-order valence-electron chi connectivity index (χ1n) is 8.81. The third kappa shape index (κ3) is 9.37. The van der Waals surface area contributed by atoms with Crippen molar-refractivity contribution in [2.75, 3.05) is 11.5 Å². The van der Waals surface area contributed by atoms with Crippen molar-refractivity contribution in [2.24, 2.45) is 11.7 Å². The minimum absolute atomic E-state index is 0.129. The summed E-state index contributed by atoms with van der Waals surface area (Å²) in [4.78, 5) is 58.8. The number of carboxylic acid groups (broad SMARTS) is 2. The fraction of sp³-hybridized carbons (Fsp3) is 0.688. The van der Waals surface area contributed by atoms with Gasteiger partial charge >= 0.3 is 11.9 Å². The first-order valence-corrected chi connectivity index (χ1v) is 10.1. The molecule has 3 amide bonds. The third-order valence-electron chi connectivity index (χ3n) is 4.14. The predicted octanol–water partition coefficient (Wildman–Crippen LogP) is -1.77. The maximum atomic E-state index is 12.7. The van der Waals surface area contributed by atoms with Crippen LogP contribution in [0, 0.1) is 5.92 Å². The summed E-state index contributed by atoms with van der Waals surface area (Å²) in [5.41, 5.74) is 5.52. The number of aliphatic carboxylic acids is 2. The third-order valence-corrected chi connectivity index (χ3v) is 4.87. The van der Waals surface area contributed by atoms with E-state index in [0.29, 0.717) is 6.42 Å². The second-order valence-corrected chi connectivity index (χ2v) is 7.13. The summed E-state index contributed by atoms with van der Waals surface area (Å²) in [5, 5.41) is 24.8. The molecule has 0 aromatic carbocycles. The van der Waals surface area contributed by atoms with Gasteiger partial charge in [0.25, 0.3) is 0 Å². The lowest BCUT2D eigenvalue weighted by atomic mass is 9.97. The van der Waals surface area contributed by atoms with E-state index in [4.69, 9.17) is 15.9 Å². The van der Waals surface area contributed by atoms with Crippen molar-refractivity contribution in [1.29, 1.82) is 0 Å². The standard InChI is InChI=1S/C16H28N4O7S2/c1-3-7(2)12(20-13(23)8(17)4-11(21)22)15(25)18-9(5-28)14(24)19-10(6-29)16(26)27/h7-10,12,28-29H,3-6,17H2,1-2H3,(H,18,25)(H,19,24)(H,20,23)(H,21,22)(H,26,27). The maximum Gasteiger partial charge on any atom is 0.327 e. The number of nitrogens with one attached hydrogen (secondary N) is 3. The van der Waals surface area contributed by atoms with E-state index in [1.54, 1.807) is 13.8 Å². The summed E-state index contributed by atoms with van der Waals surface area (Å²) in [6, 6.07) is -4.84. The lowest BCUT2D eigenvalue weighted by Gasteiger charge is -2.27. The Bertz CT molecular complexity index is 620. The second kappa shape index (κ2) is 13.3. The van der Waals surface area contributed by atoms with Crippen LogP contribution in [0.2, 0.25) is 0 Å². The Morgan fingerprint density at radius 2 is 1.41 bits per heavy atom. The molecule has 0 aliphatic rings. The Morgan fingerprint density at radius 3 is 1.83 bits per heavy atom. The van der Waals surface area contributed by atoms with Crippen LogP contribution in [0.25, 0.3) is 0 Å². The summed E-state index contributed by atoms with van der Waals surface area (Å²) in [5.74, 6) is -5.48. The Morgan fingerprint density at radius 1 is 0.897 bits per heavy atom. The van der Waals surface area contributed by atoms with Crippen molar-refractivity contribution in [2.45, 2.75) is 50.9 Å². The van der Waals surface area contributed by atoms with Gasteiger partial charge in [-0.15, -0.1) is 0 Å². The van der Waals surface area contributed by atoms with Crippen LogP contribution in [-0.4, -0.2) is 75.5 Å². The van der Waals surface area contributed by atoms with Gasteiger partial charge in [0.05, 0.1) is 12.5 Å². The van der Waals surface area contributed by atoms with Gasteiger partial charge in [-0.3, -0.25) is 19.2 Å². The van der Waals surface area contributed by atoms with E-state index >= 15 is 0 Å². The molecule has 0 saturated carbocycles. The highest BCUT2D eigenvalue weighted by atomic mass is 32.1. The molecule has 5 atom stereocenters. The number of amides is 3. The molecule has 0 bridgehead atoms. The number of rotatable bonds is 13. The molecule has 0 radical (unpaired) electrons. The summed E-state index contributed by atoms with van der Waals surface area (Å²) >= 11 is 7.85. The van der Waals surface area contributed by atoms with Gasteiger partial charge in [-0.25, -0.2) is 4.79 Å². The monoisotopic (exact) mass is 452 g/mol. The van der Waals surface area contributed by atoms with Gasteiger partial charge in [0.15, 0.2) is 0 Å². The van der Waals surface area contributed by atoms with Crippen molar-refractivity contribution in [3.8, 4) is 0 Å². The highest BCUT2D eigenvalue weighted by molar-refractivity contribution is 7.80. The molecule has 0 aliphatic heterocycles. The summed E-state index contributed by atoms with van der Waals surface area (Å²) in [6.07, 6.45) is -0.117. The SMILES string of the molecule is CCC(C)C(NC(=O)C(N)CC(=O)O)C(=O)NC(CS)C(=O)NC(CS)C(=O)O. The molecule has 166 valence electrons. The van der Waals surface area contributed by atoms with E-state index in [9.17, 15) is 24.0 Å². The van der Waals surface area contributed by atoms with Crippen molar-refractivity contribution >= 4 is 54.9 Å². The molecule has 7 N–H and O–H groups in total. The number of nitrogens with two attached hydrogens (primary N) is 1. The zero-order valence-corrected chi connectivity index (χ0v) is 17.9. The molecule has 5 unspecified atom stereocenters. The van der Waals surface area contributed by atoms with Crippen molar-refractivity contribution in [3.63, 3.8) is 0 Å². The molecule has 0 aromatic heterocycles. The van der Waals surface area contributed by atoms with Crippen molar-refractivity contribution in [3.05, 3.63) is 0 Å². The molecule has 0 fully saturated rings. The number of thiol groups is 2. The molecular weight excluding hydrogens is 424 g/mol. The van der Waals surface area contributed by atoms with E-state index in [-0.39, 0.29) is 17.4 Å².